The summed E-state index contributed by atoms with van der Waals surface area (Å²) in [4.78, 5) is 16.5. The van der Waals surface area contributed by atoms with Crippen LogP contribution in [0.2, 0.25) is 5.02 Å². The number of fused-ring (bicyclic) bond motifs is 1. The summed E-state index contributed by atoms with van der Waals surface area (Å²) in [5.41, 5.74) is 3.35. The van der Waals surface area contributed by atoms with Gasteiger partial charge in [-0.15, -0.1) is 0 Å². The third-order valence-corrected chi connectivity index (χ3v) is 3.92. The van der Waals surface area contributed by atoms with E-state index in [9.17, 15) is 0 Å². The number of hydrogen-bond acceptors (Lipinski definition) is 4. The van der Waals surface area contributed by atoms with Gasteiger partial charge in [0.2, 0.25) is 0 Å². The van der Waals surface area contributed by atoms with Gasteiger partial charge in [0.25, 0.3) is 0 Å². The van der Waals surface area contributed by atoms with Crippen LogP contribution in [-0.4, -0.2) is 19.5 Å². The highest BCUT2D eigenvalue weighted by Gasteiger charge is 2.06. The molecule has 0 saturated carbocycles. The number of furan rings is 1. The summed E-state index contributed by atoms with van der Waals surface area (Å²) in [6.07, 6.45) is 5.03. The van der Waals surface area contributed by atoms with Crippen LogP contribution in [0.1, 0.15) is 11.3 Å². The summed E-state index contributed by atoms with van der Waals surface area (Å²) >= 11 is 5.93. The summed E-state index contributed by atoms with van der Waals surface area (Å²) in [7, 11) is 0. The van der Waals surface area contributed by atoms with E-state index in [1.165, 1.54) is 0 Å². The average molecular weight is 340 g/mol. The molecule has 0 bridgehead atoms. The van der Waals surface area contributed by atoms with Crippen molar-refractivity contribution in [2.75, 3.05) is 0 Å². The topological polar surface area (TPSA) is 72.0 Å². The number of hydrogen-bond donors (Lipinski definition) is 1. The molecule has 0 unspecified atom stereocenters. The molecule has 3 heterocycles. The molecule has 0 saturated heterocycles. The second kappa shape index (κ2) is 6.33. The van der Waals surface area contributed by atoms with Crippen LogP contribution in [0.4, 0.5) is 0 Å². The normalized spacial score (nSPS) is 12.1. The Balaban J connectivity index is 1.69. The Morgan fingerprint density at radius 2 is 2.04 bits per heavy atom. The molecule has 6 nitrogen and oxygen atoms in total. The summed E-state index contributed by atoms with van der Waals surface area (Å²) in [5.74, 6) is 0.794. The smallest absolute Gasteiger partial charge is 0.177 e. The molecule has 0 aliphatic rings. The average Bonchev–Trinajstić information content (AvgIpc) is 3.27. The second-order valence-corrected chi connectivity index (χ2v) is 5.76. The number of rotatable bonds is 4. The van der Waals surface area contributed by atoms with Gasteiger partial charge in [-0.3, -0.25) is 4.99 Å². The summed E-state index contributed by atoms with van der Waals surface area (Å²) in [5, 5.41) is 0.721. The minimum Gasteiger partial charge on any atom is -0.467 e. The first-order valence-electron chi connectivity index (χ1n) is 7.45. The molecule has 3 aromatic heterocycles. The van der Waals surface area contributed by atoms with E-state index < -0.39 is 0 Å². The molecule has 0 fully saturated rings. The maximum absolute atomic E-state index is 5.93. The lowest BCUT2D eigenvalue weighted by Crippen LogP contribution is -2.15. The monoisotopic (exact) mass is 339 g/mol. The fraction of sp³-hybridized carbons (Fsp3) is 0.118. The van der Waals surface area contributed by atoms with Crippen molar-refractivity contribution in [1.29, 1.82) is 0 Å². The number of H-pyrrole nitrogens is 1. The van der Waals surface area contributed by atoms with Crippen LogP contribution < -0.4 is 5.49 Å². The van der Waals surface area contributed by atoms with Crippen molar-refractivity contribution in [2.45, 2.75) is 13.1 Å². The van der Waals surface area contributed by atoms with E-state index in [4.69, 9.17) is 16.0 Å². The fourth-order valence-corrected chi connectivity index (χ4v) is 2.62. The van der Waals surface area contributed by atoms with Crippen LogP contribution in [0.3, 0.4) is 0 Å². The van der Waals surface area contributed by atoms with Gasteiger partial charge in [-0.1, -0.05) is 23.7 Å². The van der Waals surface area contributed by atoms with E-state index in [1.54, 1.807) is 18.9 Å². The third kappa shape index (κ3) is 2.96. The molecule has 4 aromatic rings. The number of nitrogens with zero attached hydrogens (tertiary/aromatic N) is 4. The Labute approximate surface area is 142 Å². The molecule has 0 aliphatic heterocycles. The van der Waals surface area contributed by atoms with Crippen molar-refractivity contribution in [3.8, 4) is 0 Å². The summed E-state index contributed by atoms with van der Waals surface area (Å²) in [6, 6.07) is 11.5. The summed E-state index contributed by atoms with van der Waals surface area (Å²) in [6.45, 7) is 1.10. The Bertz CT molecular complexity index is 1020. The predicted octanol–water partition coefficient (Wildman–Crippen LogP) is 3.16. The van der Waals surface area contributed by atoms with E-state index in [2.05, 4.69) is 19.9 Å². The molecule has 24 heavy (non-hydrogen) atoms. The number of aromatic amines is 1. The summed E-state index contributed by atoms with van der Waals surface area (Å²) < 4.78 is 7.27. The van der Waals surface area contributed by atoms with Gasteiger partial charge in [0.1, 0.15) is 11.3 Å². The third-order valence-electron chi connectivity index (χ3n) is 3.67. The van der Waals surface area contributed by atoms with Crippen molar-refractivity contribution in [1.82, 2.24) is 19.5 Å². The molecule has 7 heteroatoms. The second-order valence-electron chi connectivity index (χ2n) is 5.32. The van der Waals surface area contributed by atoms with Crippen LogP contribution in [0.25, 0.3) is 11.2 Å². The number of benzene rings is 1. The Morgan fingerprint density at radius 1 is 1.17 bits per heavy atom. The highest BCUT2D eigenvalue weighted by Crippen LogP contribution is 2.12. The molecule has 0 spiro atoms. The van der Waals surface area contributed by atoms with E-state index in [0.29, 0.717) is 18.6 Å². The predicted molar refractivity (Wildman–Crippen MR) is 90.4 cm³/mol. The maximum Gasteiger partial charge on any atom is 0.177 e. The SMILES string of the molecule is Clc1ccc(Cn2cnc(=NCc3ccco3)c3[nH]cnc32)cc1. The van der Waals surface area contributed by atoms with Gasteiger partial charge in [-0.05, 0) is 29.8 Å². The van der Waals surface area contributed by atoms with Crippen LogP contribution in [-0.2, 0) is 13.1 Å². The molecule has 1 aromatic carbocycles. The van der Waals surface area contributed by atoms with Crippen LogP contribution >= 0.6 is 11.6 Å². The van der Waals surface area contributed by atoms with Gasteiger partial charge in [-0.25, -0.2) is 9.97 Å². The van der Waals surface area contributed by atoms with Gasteiger partial charge in [0, 0.05) is 5.02 Å². The van der Waals surface area contributed by atoms with Gasteiger partial charge < -0.3 is 14.0 Å². The quantitative estimate of drug-likeness (QED) is 0.620. The fourth-order valence-electron chi connectivity index (χ4n) is 2.49. The zero-order valence-corrected chi connectivity index (χ0v) is 13.4. The first-order valence-corrected chi connectivity index (χ1v) is 7.83. The Kier molecular flexibility index (Phi) is 3.88. The van der Waals surface area contributed by atoms with E-state index >= 15 is 0 Å². The van der Waals surface area contributed by atoms with E-state index in [-0.39, 0.29) is 0 Å². The lowest BCUT2D eigenvalue weighted by molar-refractivity contribution is 0.510. The van der Waals surface area contributed by atoms with E-state index in [1.807, 2.05) is 41.0 Å². The molecular weight excluding hydrogens is 326 g/mol. The van der Waals surface area contributed by atoms with Crippen LogP contribution in [0, 0.1) is 0 Å². The zero-order valence-electron chi connectivity index (χ0n) is 12.7. The molecule has 0 radical (unpaired) electrons. The molecule has 0 amide bonds. The largest absolute Gasteiger partial charge is 0.467 e. The molecule has 0 atom stereocenters. The van der Waals surface area contributed by atoms with Crippen molar-refractivity contribution < 1.29 is 4.42 Å². The van der Waals surface area contributed by atoms with Gasteiger partial charge in [0.15, 0.2) is 11.1 Å². The van der Waals surface area contributed by atoms with E-state index in [0.717, 1.165) is 27.5 Å². The molecule has 120 valence electrons. The molecule has 1 N–H and O–H groups in total. The highest BCUT2D eigenvalue weighted by molar-refractivity contribution is 6.30. The molecule has 4 rings (SSSR count). The zero-order chi connectivity index (χ0) is 16.4. The first-order chi connectivity index (χ1) is 11.8. The number of halogens is 1. The lowest BCUT2D eigenvalue weighted by atomic mass is 10.2. The van der Waals surface area contributed by atoms with Gasteiger partial charge in [0.05, 0.1) is 32.0 Å². The minimum atomic E-state index is 0.440. The minimum absolute atomic E-state index is 0.440. The Hall–Kier alpha value is -2.86. The molecule has 0 aliphatic carbocycles. The number of nitrogens with one attached hydrogen (secondary N) is 1. The molecular formula is C17H14ClN5O. The standard InChI is InChI=1S/C17H14ClN5O/c18-13-5-3-12(4-6-13)9-23-11-22-16(15-17(23)21-10-20-15)19-8-14-2-1-7-24-14/h1-7,10-11H,8-9H2,(H,20,21). The van der Waals surface area contributed by atoms with Crippen LogP contribution in [0.15, 0.2) is 64.7 Å². The number of imidazole rings is 1. The van der Waals surface area contributed by atoms with Crippen molar-refractivity contribution in [3.05, 3.63) is 77.2 Å². The van der Waals surface area contributed by atoms with Crippen molar-refractivity contribution in [2.24, 2.45) is 4.99 Å². The van der Waals surface area contributed by atoms with Crippen molar-refractivity contribution in [3.63, 3.8) is 0 Å². The number of aromatic nitrogens is 4. The maximum atomic E-state index is 5.93. The first kappa shape index (κ1) is 14.7. The Morgan fingerprint density at radius 3 is 2.83 bits per heavy atom. The van der Waals surface area contributed by atoms with Gasteiger partial charge in [-0.2, -0.15) is 0 Å². The van der Waals surface area contributed by atoms with Gasteiger partial charge >= 0.3 is 0 Å². The van der Waals surface area contributed by atoms with Crippen molar-refractivity contribution >= 4 is 22.8 Å². The lowest BCUT2D eigenvalue weighted by Gasteiger charge is -2.07. The highest BCUT2D eigenvalue weighted by atomic mass is 35.5. The van der Waals surface area contributed by atoms with Crippen LogP contribution in [0.5, 0.6) is 0 Å².